The molecule has 0 aliphatic rings. The molecule has 0 heterocycles. The molecule has 0 aliphatic heterocycles. The van der Waals surface area contributed by atoms with Crippen LogP contribution < -0.4 is 5.73 Å². The fourth-order valence-corrected chi connectivity index (χ4v) is 1.31. The van der Waals surface area contributed by atoms with Gasteiger partial charge in [0.25, 0.3) is 0 Å². The van der Waals surface area contributed by atoms with Gasteiger partial charge in [0.05, 0.1) is 0 Å². The summed E-state index contributed by atoms with van der Waals surface area (Å²) in [6.45, 7) is 6.26. The molecule has 0 saturated heterocycles. The third-order valence-corrected chi connectivity index (χ3v) is 2.26. The molecule has 0 radical (unpaired) electrons. The topological polar surface area (TPSA) is 49.9 Å². The lowest BCUT2D eigenvalue weighted by atomic mass is 9.97. The SMILES string of the molecule is Cc1cc(C(C)C)cc(C=N)c1N. The summed E-state index contributed by atoms with van der Waals surface area (Å²) in [6, 6.07) is 4.08. The van der Waals surface area contributed by atoms with E-state index >= 15 is 0 Å². The first-order valence-corrected chi connectivity index (χ1v) is 4.46. The molecule has 0 aliphatic carbocycles. The molecule has 13 heavy (non-hydrogen) atoms. The van der Waals surface area contributed by atoms with Crippen LogP contribution in [-0.4, -0.2) is 6.21 Å². The maximum atomic E-state index is 7.21. The number of hydrogen-bond acceptors (Lipinski definition) is 2. The molecule has 1 aromatic carbocycles. The van der Waals surface area contributed by atoms with Gasteiger partial charge in [0.15, 0.2) is 0 Å². The Morgan fingerprint density at radius 1 is 1.38 bits per heavy atom. The van der Waals surface area contributed by atoms with Crippen LogP contribution in [0.4, 0.5) is 5.69 Å². The van der Waals surface area contributed by atoms with E-state index in [0.29, 0.717) is 5.92 Å². The number of hydrogen-bond donors (Lipinski definition) is 2. The number of rotatable bonds is 2. The van der Waals surface area contributed by atoms with E-state index in [1.165, 1.54) is 11.8 Å². The lowest BCUT2D eigenvalue weighted by Gasteiger charge is -2.10. The zero-order valence-electron chi connectivity index (χ0n) is 8.39. The fourth-order valence-electron chi connectivity index (χ4n) is 1.31. The summed E-state index contributed by atoms with van der Waals surface area (Å²) in [7, 11) is 0. The summed E-state index contributed by atoms with van der Waals surface area (Å²) < 4.78 is 0. The van der Waals surface area contributed by atoms with Gasteiger partial charge >= 0.3 is 0 Å². The normalized spacial score (nSPS) is 10.5. The largest absolute Gasteiger partial charge is 0.398 e. The van der Waals surface area contributed by atoms with Crippen molar-refractivity contribution in [2.75, 3.05) is 5.73 Å². The van der Waals surface area contributed by atoms with Crippen molar-refractivity contribution >= 4 is 11.9 Å². The van der Waals surface area contributed by atoms with Gasteiger partial charge in [-0.15, -0.1) is 0 Å². The van der Waals surface area contributed by atoms with Crippen LogP contribution in [0.2, 0.25) is 0 Å². The van der Waals surface area contributed by atoms with Crippen molar-refractivity contribution in [2.45, 2.75) is 26.7 Å². The standard InChI is InChI=1S/C11H16N2/c1-7(2)9-4-8(3)11(13)10(5-9)6-12/h4-7,12H,13H2,1-3H3. The van der Waals surface area contributed by atoms with Crippen molar-refractivity contribution in [1.82, 2.24) is 0 Å². The summed E-state index contributed by atoms with van der Waals surface area (Å²) >= 11 is 0. The van der Waals surface area contributed by atoms with Gasteiger partial charge in [-0.05, 0) is 30.0 Å². The average Bonchev–Trinajstić information content (AvgIpc) is 2.09. The first kappa shape index (κ1) is 9.78. The van der Waals surface area contributed by atoms with Gasteiger partial charge in [-0.1, -0.05) is 19.9 Å². The van der Waals surface area contributed by atoms with E-state index in [1.807, 2.05) is 13.0 Å². The molecule has 1 rings (SSSR count). The van der Waals surface area contributed by atoms with Crippen molar-refractivity contribution in [3.8, 4) is 0 Å². The van der Waals surface area contributed by atoms with E-state index < -0.39 is 0 Å². The van der Waals surface area contributed by atoms with Gasteiger partial charge in [0.1, 0.15) is 0 Å². The van der Waals surface area contributed by atoms with Crippen molar-refractivity contribution in [1.29, 1.82) is 5.41 Å². The van der Waals surface area contributed by atoms with Crippen LogP contribution in [0, 0.1) is 12.3 Å². The molecule has 1 aromatic rings. The van der Waals surface area contributed by atoms with Crippen molar-refractivity contribution in [3.63, 3.8) is 0 Å². The minimum absolute atomic E-state index is 0.484. The minimum atomic E-state index is 0.484. The van der Waals surface area contributed by atoms with Gasteiger partial charge in [-0.3, -0.25) is 0 Å². The molecule has 0 aromatic heterocycles. The summed E-state index contributed by atoms with van der Waals surface area (Å²) in [4.78, 5) is 0. The van der Waals surface area contributed by atoms with E-state index in [2.05, 4.69) is 19.9 Å². The molecular formula is C11H16N2. The highest BCUT2D eigenvalue weighted by atomic mass is 14.6. The zero-order chi connectivity index (χ0) is 10.0. The van der Waals surface area contributed by atoms with Crippen LogP contribution in [-0.2, 0) is 0 Å². The highest BCUT2D eigenvalue weighted by Gasteiger charge is 2.05. The number of nitrogens with two attached hydrogens (primary N) is 1. The molecule has 0 fully saturated rings. The second kappa shape index (κ2) is 3.60. The fraction of sp³-hybridized carbons (Fsp3) is 0.364. The lowest BCUT2D eigenvalue weighted by molar-refractivity contribution is 0.865. The van der Waals surface area contributed by atoms with Crippen LogP contribution in [0.5, 0.6) is 0 Å². The molecular weight excluding hydrogens is 160 g/mol. The van der Waals surface area contributed by atoms with Crippen molar-refractivity contribution in [3.05, 3.63) is 28.8 Å². The van der Waals surface area contributed by atoms with E-state index in [1.54, 1.807) is 0 Å². The smallest absolute Gasteiger partial charge is 0.0432 e. The van der Waals surface area contributed by atoms with Gasteiger partial charge in [0.2, 0.25) is 0 Å². The van der Waals surface area contributed by atoms with Crippen LogP contribution in [0.1, 0.15) is 36.5 Å². The van der Waals surface area contributed by atoms with E-state index in [0.717, 1.165) is 16.8 Å². The first-order chi connectivity index (χ1) is 6.06. The Morgan fingerprint density at radius 2 is 2.00 bits per heavy atom. The Hall–Kier alpha value is -1.31. The summed E-state index contributed by atoms with van der Waals surface area (Å²) in [6.07, 6.45) is 1.31. The van der Waals surface area contributed by atoms with Crippen LogP contribution in [0.15, 0.2) is 12.1 Å². The number of nitrogens with one attached hydrogen (secondary N) is 1. The van der Waals surface area contributed by atoms with Crippen LogP contribution in [0.25, 0.3) is 0 Å². The van der Waals surface area contributed by atoms with Crippen LogP contribution in [0.3, 0.4) is 0 Å². The minimum Gasteiger partial charge on any atom is -0.398 e. The third kappa shape index (κ3) is 1.89. The second-order valence-corrected chi connectivity index (χ2v) is 3.64. The van der Waals surface area contributed by atoms with E-state index in [4.69, 9.17) is 11.1 Å². The summed E-state index contributed by atoms with van der Waals surface area (Å²) in [5.41, 5.74) is 9.66. The molecule has 0 saturated carbocycles. The molecule has 2 nitrogen and oxygen atoms in total. The van der Waals surface area contributed by atoms with Gasteiger partial charge in [-0.2, -0.15) is 0 Å². The molecule has 0 atom stereocenters. The number of aryl methyl sites for hydroxylation is 1. The average molecular weight is 176 g/mol. The highest BCUT2D eigenvalue weighted by Crippen LogP contribution is 2.22. The van der Waals surface area contributed by atoms with Gasteiger partial charge in [-0.25, -0.2) is 0 Å². The van der Waals surface area contributed by atoms with E-state index in [-0.39, 0.29) is 0 Å². The molecule has 0 unspecified atom stereocenters. The molecule has 0 bridgehead atoms. The quantitative estimate of drug-likeness (QED) is 0.528. The number of nitrogen functional groups attached to an aromatic ring is 1. The van der Waals surface area contributed by atoms with Gasteiger partial charge in [0, 0.05) is 17.5 Å². The first-order valence-electron chi connectivity index (χ1n) is 4.46. The predicted octanol–water partition coefficient (Wildman–Crippen LogP) is 2.70. The third-order valence-electron chi connectivity index (χ3n) is 2.26. The molecule has 0 spiro atoms. The van der Waals surface area contributed by atoms with Crippen molar-refractivity contribution < 1.29 is 0 Å². The molecule has 0 amide bonds. The number of benzene rings is 1. The molecule has 3 N–H and O–H groups in total. The molecule has 70 valence electrons. The Labute approximate surface area is 79.3 Å². The van der Waals surface area contributed by atoms with Gasteiger partial charge < -0.3 is 11.1 Å². The Kier molecular flexibility index (Phi) is 2.71. The van der Waals surface area contributed by atoms with E-state index in [9.17, 15) is 0 Å². The highest BCUT2D eigenvalue weighted by molar-refractivity contribution is 5.86. The summed E-state index contributed by atoms with van der Waals surface area (Å²) in [5.74, 6) is 0.484. The second-order valence-electron chi connectivity index (χ2n) is 3.64. The number of anilines is 1. The maximum absolute atomic E-state index is 7.21. The maximum Gasteiger partial charge on any atom is 0.0432 e. The Balaban J connectivity index is 3.30. The Morgan fingerprint density at radius 3 is 2.46 bits per heavy atom. The van der Waals surface area contributed by atoms with Crippen LogP contribution >= 0.6 is 0 Å². The molecule has 2 heteroatoms. The Bertz CT molecular complexity index is 327. The summed E-state index contributed by atoms with van der Waals surface area (Å²) in [5, 5.41) is 7.21. The van der Waals surface area contributed by atoms with Crippen molar-refractivity contribution in [2.24, 2.45) is 0 Å². The predicted molar refractivity (Wildman–Crippen MR) is 57.6 cm³/mol. The lowest BCUT2D eigenvalue weighted by Crippen LogP contribution is -1.99. The zero-order valence-corrected chi connectivity index (χ0v) is 8.39. The monoisotopic (exact) mass is 176 g/mol.